The van der Waals surface area contributed by atoms with Crippen LogP contribution in [0.25, 0.3) is 11.3 Å². The van der Waals surface area contributed by atoms with E-state index in [0.29, 0.717) is 19.4 Å². The van der Waals surface area contributed by atoms with Crippen LogP contribution in [-0.2, 0) is 31.9 Å². The highest BCUT2D eigenvalue weighted by molar-refractivity contribution is 5.87. The van der Waals surface area contributed by atoms with Crippen molar-refractivity contribution in [1.29, 1.82) is 0 Å². The van der Waals surface area contributed by atoms with Crippen LogP contribution in [-0.4, -0.2) is 89.8 Å². The maximum atomic E-state index is 13.8. The number of alkyl carbamates (subject to hydrolysis) is 1. The first kappa shape index (κ1) is 38.8. The van der Waals surface area contributed by atoms with Crippen LogP contribution in [0.5, 0.6) is 0 Å². The number of amides is 4. The van der Waals surface area contributed by atoms with Gasteiger partial charge in [-0.1, -0.05) is 81.4 Å². The second-order valence-electron chi connectivity index (χ2n) is 13.9. The average molecular weight is 704 g/mol. The van der Waals surface area contributed by atoms with E-state index in [-0.39, 0.29) is 25.4 Å². The fraction of sp³-hybridized carbons (Fsp3) is 0.447. The average Bonchev–Trinajstić information content (AvgIpc) is 3.64. The van der Waals surface area contributed by atoms with Crippen molar-refractivity contribution in [1.82, 2.24) is 26.3 Å². The molecule has 4 amide bonds. The van der Waals surface area contributed by atoms with Crippen LogP contribution < -0.4 is 21.3 Å². The molecule has 0 saturated carbocycles. The number of hydrogen-bond acceptors (Lipinski definition) is 8. The topological polar surface area (TPSA) is 188 Å². The van der Waals surface area contributed by atoms with E-state index in [0.717, 1.165) is 22.4 Å². The van der Waals surface area contributed by atoms with E-state index >= 15 is 0 Å². The third-order valence-electron chi connectivity index (χ3n) is 8.93. The number of methoxy groups -OCH3 is 1. The van der Waals surface area contributed by atoms with E-state index in [9.17, 15) is 29.4 Å². The van der Waals surface area contributed by atoms with Gasteiger partial charge in [-0.2, -0.15) is 0 Å². The number of pyridine rings is 1. The number of benzene rings is 2. The van der Waals surface area contributed by atoms with Gasteiger partial charge in [-0.05, 0) is 54.4 Å². The summed E-state index contributed by atoms with van der Waals surface area (Å²) < 4.78 is 10.2. The van der Waals surface area contributed by atoms with Gasteiger partial charge in [0, 0.05) is 30.3 Å². The van der Waals surface area contributed by atoms with E-state index in [4.69, 9.17) is 9.47 Å². The lowest BCUT2D eigenvalue weighted by molar-refractivity contribution is -0.127. The van der Waals surface area contributed by atoms with Crippen molar-refractivity contribution < 1.29 is 38.9 Å². The van der Waals surface area contributed by atoms with Gasteiger partial charge < -0.3 is 41.0 Å². The number of carbonyl (C=O) groups excluding carboxylic acids is 3. The summed E-state index contributed by atoms with van der Waals surface area (Å²) >= 11 is 0. The number of nitrogens with zero attached hydrogens (tertiary/aromatic N) is 1. The molecule has 13 nitrogen and oxygen atoms in total. The third kappa shape index (κ3) is 11.8. The molecule has 0 spiro atoms. The molecule has 1 saturated heterocycles. The van der Waals surface area contributed by atoms with E-state index < -0.39 is 59.7 Å². The quantitative estimate of drug-likeness (QED) is 0.137. The first-order chi connectivity index (χ1) is 24.3. The SMILES string of the molecule is COC(=O)N[C@H](C(=O)N[C@@H](Cc1ccc(-c2ccccn2)cc1)C[C@H](O)[C@H](Cc1ccccc1)NC(=O)[C@@H](NC(=O)O)[C@H]1CCOC1)C(C)(C)C. The molecule has 4 rings (SSSR count). The molecular formula is C38H49N5O8. The molecule has 0 bridgehead atoms. The number of aliphatic hydroxyl groups excluding tert-OH is 1. The Kier molecular flexibility index (Phi) is 13.9. The predicted octanol–water partition coefficient (Wildman–Crippen LogP) is 3.70. The van der Waals surface area contributed by atoms with Crippen LogP contribution in [0.15, 0.2) is 79.0 Å². The molecule has 6 N–H and O–H groups in total. The predicted molar refractivity (Wildman–Crippen MR) is 191 cm³/mol. The van der Waals surface area contributed by atoms with Gasteiger partial charge >= 0.3 is 12.2 Å². The first-order valence-corrected chi connectivity index (χ1v) is 17.1. The monoisotopic (exact) mass is 703 g/mol. The molecule has 0 aliphatic carbocycles. The van der Waals surface area contributed by atoms with E-state index in [1.807, 2.05) is 93.6 Å². The standard InChI is InChI=1S/C38H49N5O8/c1-38(2,3)33(43-37(49)50-4)35(46)40-28(20-25-13-15-26(16-14-25)29-12-8-9-18-39-29)22-31(44)30(21-24-10-6-5-7-11-24)41-34(45)32(42-36(47)48)27-17-19-51-23-27/h5-16,18,27-28,30-33,42,44H,17,19-23H2,1-4H3,(H,40,46)(H,41,45)(H,43,49)(H,47,48)/t27-,28-,30-,31-,32-,33+/m0/s1. The van der Waals surface area contributed by atoms with E-state index in [1.54, 1.807) is 6.20 Å². The van der Waals surface area contributed by atoms with Gasteiger partial charge in [-0.15, -0.1) is 0 Å². The second-order valence-corrected chi connectivity index (χ2v) is 13.9. The molecule has 3 aromatic rings. The summed E-state index contributed by atoms with van der Waals surface area (Å²) in [6.45, 7) is 6.09. The molecule has 1 fully saturated rings. The Hall–Kier alpha value is -5.01. The molecule has 2 heterocycles. The van der Waals surface area contributed by atoms with Gasteiger partial charge in [-0.3, -0.25) is 14.6 Å². The highest BCUT2D eigenvalue weighted by atomic mass is 16.5. The van der Waals surface area contributed by atoms with Gasteiger partial charge in [-0.25, -0.2) is 9.59 Å². The Morgan fingerprint density at radius 1 is 0.882 bits per heavy atom. The number of ether oxygens (including phenoxy) is 2. The maximum absolute atomic E-state index is 13.8. The zero-order valence-corrected chi connectivity index (χ0v) is 29.5. The summed E-state index contributed by atoms with van der Waals surface area (Å²) in [4.78, 5) is 55.8. The minimum Gasteiger partial charge on any atom is -0.465 e. The molecule has 6 atom stereocenters. The molecule has 0 unspecified atom stereocenters. The molecule has 1 aromatic heterocycles. The smallest absolute Gasteiger partial charge is 0.407 e. The van der Waals surface area contributed by atoms with Crippen molar-refractivity contribution in [2.75, 3.05) is 20.3 Å². The highest BCUT2D eigenvalue weighted by Gasteiger charge is 2.37. The van der Waals surface area contributed by atoms with Gasteiger partial charge in [0.05, 0.1) is 31.6 Å². The molecule has 1 aliphatic rings. The van der Waals surface area contributed by atoms with Crippen molar-refractivity contribution in [2.24, 2.45) is 11.3 Å². The summed E-state index contributed by atoms with van der Waals surface area (Å²) in [7, 11) is 1.22. The fourth-order valence-electron chi connectivity index (χ4n) is 6.19. The van der Waals surface area contributed by atoms with Crippen molar-refractivity contribution >= 4 is 24.0 Å². The van der Waals surface area contributed by atoms with E-state index in [2.05, 4.69) is 26.3 Å². The second kappa shape index (κ2) is 18.3. The first-order valence-electron chi connectivity index (χ1n) is 17.1. The lowest BCUT2D eigenvalue weighted by atomic mass is 9.85. The molecule has 2 aromatic carbocycles. The highest BCUT2D eigenvalue weighted by Crippen LogP contribution is 2.23. The van der Waals surface area contributed by atoms with Crippen LogP contribution in [0.1, 0.15) is 44.7 Å². The zero-order valence-electron chi connectivity index (χ0n) is 29.5. The summed E-state index contributed by atoms with van der Waals surface area (Å²) in [5, 5.41) is 32.3. The van der Waals surface area contributed by atoms with Crippen LogP contribution >= 0.6 is 0 Å². The van der Waals surface area contributed by atoms with Gasteiger partial charge in [0.15, 0.2) is 0 Å². The Bertz CT molecular complexity index is 1580. The van der Waals surface area contributed by atoms with Crippen LogP contribution in [0.4, 0.5) is 9.59 Å². The van der Waals surface area contributed by atoms with Crippen molar-refractivity contribution in [3.05, 3.63) is 90.1 Å². The normalized spacial score (nSPS) is 17.2. The minimum absolute atomic E-state index is 0.0180. The largest absolute Gasteiger partial charge is 0.465 e. The van der Waals surface area contributed by atoms with Crippen molar-refractivity contribution in [3.63, 3.8) is 0 Å². The molecule has 51 heavy (non-hydrogen) atoms. The molecule has 274 valence electrons. The Morgan fingerprint density at radius 3 is 2.16 bits per heavy atom. The molecule has 0 radical (unpaired) electrons. The van der Waals surface area contributed by atoms with Gasteiger partial charge in [0.2, 0.25) is 11.8 Å². The Labute approximate surface area is 298 Å². The summed E-state index contributed by atoms with van der Waals surface area (Å²) in [6, 6.07) is 19.1. The van der Waals surface area contributed by atoms with Crippen molar-refractivity contribution in [2.45, 2.75) is 76.7 Å². The number of nitrogens with one attached hydrogen (secondary N) is 4. The zero-order chi connectivity index (χ0) is 37.0. The fourth-order valence-corrected chi connectivity index (χ4v) is 6.19. The van der Waals surface area contributed by atoms with Crippen LogP contribution in [0.3, 0.4) is 0 Å². The summed E-state index contributed by atoms with van der Waals surface area (Å²) in [6.07, 6.45) is -0.480. The lowest BCUT2D eigenvalue weighted by Gasteiger charge is -2.33. The minimum atomic E-state index is -1.34. The number of rotatable bonds is 15. The van der Waals surface area contributed by atoms with Crippen molar-refractivity contribution in [3.8, 4) is 11.3 Å². The maximum Gasteiger partial charge on any atom is 0.407 e. The number of hydrogen-bond donors (Lipinski definition) is 6. The number of aromatic nitrogens is 1. The Balaban J connectivity index is 1.62. The number of aliphatic hydroxyl groups is 1. The van der Waals surface area contributed by atoms with Gasteiger partial charge in [0.25, 0.3) is 0 Å². The molecular weight excluding hydrogens is 654 g/mol. The summed E-state index contributed by atoms with van der Waals surface area (Å²) in [5.74, 6) is -1.41. The third-order valence-corrected chi connectivity index (χ3v) is 8.93. The Morgan fingerprint density at radius 2 is 1.57 bits per heavy atom. The molecule has 13 heteroatoms. The lowest BCUT2D eigenvalue weighted by Crippen LogP contribution is -2.58. The van der Waals surface area contributed by atoms with E-state index in [1.165, 1.54) is 7.11 Å². The van der Waals surface area contributed by atoms with Gasteiger partial charge in [0.1, 0.15) is 12.1 Å². The number of carboxylic acid groups (broad SMARTS) is 1. The van der Waals surface area contributed by atoms with Crippen LogP contribution in [0, 0.1) is 11.3 Å². The van der Waals surface area contributed by atoms with Crippen LogP contribution in [0.2, 0.25) is 0 Å². The number of carbonyl (C=O) groups is 4. The summed E-state index contributed by atoms with van der Waals surface area (Å²) in [5.41, 5.74) is 2.75. The molecule has 1 aliphatic heterocycles.